The van der Waals surface area contributed by atoms with Crippen LogP contribution in [0.5, 0.6) is 0 Å². The summed E-state index contributed by atoms with van der Waals surface area (Å²) in [7, 11) is 1.64. The van der Waals surface area contributed by atoms with E-state index in [9.17, 15) is 9.59 Å². The van der Waals surface area contributed by atoms with Crippen LogP contribution in [0.25, 0.3) is 21.6 Å². The minimum atomic E-state index is -0.249. The molecule has 4 rings (SSSR count). The Bertz CT molecular complexity index is 1390. The summed E-state index contributed by atoms with van der Waals surface area (Å²) in [5, 5.41) is 8.08. The Kier molecular flexibility index (Phi) is 6.52. The third-order valence-electron chi connectivity index (χ3n) is 5.89. The van der Waals surface area contributed by atoms with E-state index in [0.717, 1.165) is 27.4 Å². The van der Waals surface area contributed by atoms with Gasteiger partial charge >= 0.3 is 0 Å². The van der Waals surface area contributed by atoms with Gasteiger partial charge in [-0.05, 0) is 70.0 Å². The van der Waals surface area contributed by atoms with Crippen molar-refractivity contribution in [3.8, 4) is 10.6 Å². The van der Waals surface area contributed by atoms with Crippen LogP contribution >= 0.6 is 11.3 Å². The molecule has 0 aliphatic rings. The summed E-state index contributed by atoms with van der Waals surface area (Å²) in [6, 6.07) is 11.7. The minimum Gasteiger partial charge on any atom is -0.332 e. The van der Waals surface area contributed by atoms with Gasteiger partial charge in [0.05, 0.1) is 34.3 Å². The number of thiophene rings is 1. The number of benzene rings is 1. The maximum absolute atomic E-state index is 13.5. The fraction of sp³-hybridized carbons (Fsp3) is 0.308. The van der Waals surface area contributed by atoms with Crippen molar-refractivity contribution in [3.63, 3.8) is 0 Å². The van der Waals surface area contributed by atoms with Gasteiger partial charge in [0.15, 0.2) is 5.65 Å². The monoisotopic (exact) mass is 475 g/mol. The molecule has 176 valence electrons. The number of aromatic nitrogens is 3. The lowest BCUT2D eigenvalue weighted by molar-refractivity contribution is -0.116. The zero-order valence-corrected chi connectivity index (χ0v) is 21.2. The molecule has 0 fully saturated rings. The standard InChI is InChI=1S/C26H29N5O2S/c1-15(2)31-25-20(13-27-31)19(12-22(29-25)23-11-10-17(4)34-23)26(33)30(6)14-24(32)28-21-9-7-8-16(3)18(21)5/h7-13,15H,14H2,1-6H3,(H,28,32). The van der Waals surface area contributed by atoms with E-state index in [1.165, 1.54) is 9.78 Å². The first kappa shape index (κ1) is 23.6. The molecule has 0 saturated carbocycles. The molecule has 1 aromatic carbocycles. The smallest absolute Gasteiger partial charge is 0.254 e. The minimum absolute atomic E-state index is 0.0677. The average Bonchev–Trinajstić information content (AvgIpc) is 3.42. The molecule has 0 atom stereocenters. The first-order valence-corrected chi connectivity index (χ1v) is 12.0. The zero-order chi connectivity index (χ0) is 24.6. The fourth-order valence-corrected chi connectivity index (χ4v) is 4.67. The Morgan fingerprint density at radius 3 is 2.59 bits per heavy atom. The van der Waals surface area contributed by atoms with Crippen LogP contribution in [0.3, 0.4) is 0 Å². The molecule has 0 saturated heterocycles. The number of anilines is 1. The SMILES string of the molecule is Cc1ccc(-c2cc(C(=O)N(C)CC(=O)Nc3cccc(C)c3C)c3cnn(C(C)C)c3n2)s1. The van der Waals surface area contributed by atoms with Crippen molar-refractivity contribution in [1.29, 1.82) is 0 Å². The Hall–Kier alpha value is -3.52. The maximum Gasteiger partial charge on any atom is 0.254 e. The second-order valence-corrected chi connectivity index (χ2v) is 10.1. The van der Waals surface area contributed by atoms with Gasteiger partial charge < -0.3 is 10.2 Å². The van der Waals surface area contributed by atoms with Crippen molar-refractivity contribution in [2.24, 2.45) is 0 Å². The average molecular weight is 476 g/mol. The van der Waals surface area contributed by atoms with Gasteiger partial charge in [-0.2, -0.15) is 5.10 Å². The lowest BCUT2D eigenvalue weighted by Crippen LogP contribution is -2.35. The van der Waals surface area contributed by atoms with Crippen LogP contribution in [0.1, 0.15) is 46.3 Å². The normalized spacial score (nSPS) is 11.3. The summed E-state index contributed by atoms with van der Waals surface area (Å²) in [5.74, 6) is -0.497. The quantitative estimate of drug-likeness (QED) is 0.406. The summed E-state index contributed by atoms with van der Waals surface area (Å²) in [5.41, 5.74) is 4.74. The number of pyridine rings is 1. The van der Waals surface area contributed by atoms with E-state index in [0.29, 0.717) is 16.6 Å². The van der Waals surface area contributed by atoms with Crippen LogP contribution in [0.4, 0.5) is 5.69 Å². The molecule has 34 heavy (non-hydrogen) atoms. The predicted molar refractivity (Wildman–Crippen MR) is 137 cm³/mol. The fourth-order valence-electron chi connectivity index (χ4n) is 3.84. The van der Waals surface area contributed by atoms with E-state index in [1.807, 2.05) is 69.6 Å². The number of nitrogens with zero attached hydrogens (tertiary/aromatic N) is 4. The highest BCUT2D eigenvalue weighted by atomic mass is 32.1. The number of aryl methyl sites for hydroxylation is 2. The predicted octanol–water partition coefficient (Wildman–Crippen LogP) is 5.38. The molecule has 0 radical (unpaired) electrons. The van der Waals surface area contributed by atoms with Crippen molar-refractivity contribution >= 4 is 39.9 Å². The van der Waals surface area contributed by atoms with Crippen LogP contribution in [0.15, 0.2) is 42.6 Å². The zero-order valence-electron chi connectivity index (χ0n) is 20.3. The number of likely N-dealkylation sites (N-methyl/N-ethyl adjacent to an activating group) is 1. The van der Waals surface area contributed by atoms with Gasteiger partial charge in [-0.3, -0.25) is 9.59 Å². The van der Waals surface area contributed by atoms with E-state index >= 15 is 0 Å². The summed E-state index contributed by atoms with van der Waals surface area (Å²) in [6.45, 7) is 10.00. The van der Waals surface area contributed by atoms with E-state index < -0.39 is 0 Å². The summed E-state index contributed by atoms with van der Waals surface area (Å²) in [4.78, 5) is 34.7. The molecule has 0 aliphatic heterocycles. The van der Waals surface area contributed by atoms with Crippen molar-refractivity contribution in [3.05, 3.63) is 64.2 Å². The van der Waals surface area contributed by atoms with Crippen LogP contribution < -0.4 is 5.32 Å². The maximum atomic E-state index is 13.5. The van der Waals surface area contributed by atoms with Gasteiger partial charge in [-0.15, -0.1) is 11.3 Å². The summed E-state index contributed by atoms with van der Waals surface area (Å²) in [6.07, 6.45) is 1.68. The number of hydrogen-bond donors (Lipinski definition) is 1. The molecule has 0 bridgehead atoms. The molecule has 2 amide bonds. The highest BCUT2D eigenvalue weighted by Crippen LogP contribution is 2.31. The Labute approximate surface area is 203 Å². The molecule has 7 nitrogen and oxygen atoms in total. The Balaban J connectivity index is 1.65. The number of rotatable bonds is 6. The van der Waals surface area contributed by atoms with Gasteiger partial charge in [0.2, 0.25) is 5.91 Å². The van der Waals surface area contributed by atoms with E-state index in [2.05, 4.69) is 10.4 Å². The number of hydrogen-bond acceptors (Lipinski definition) is 5. The third kappa shape index (κ3) is 4.59. The van der Waals surface area contributed by atoms with Crippen LogP contribution in [0, 0.1) is 20.8 Å². The van der Waals surface area contributed by atoms with Gasteiger partial charge in [-0.1, -0.05) is 12.1 Å². The van der Waals surface area contributed by atoms with E-state index in [-0.39, 0.29) is 24.4 Å². The highest BCUT2D eigenvalue weighted by Gasteiger charge is 2.23. The van der Waals surface area contributed by atoms with Gasteiger partial charge in [-0.25, -0.2) is 9.67 Å². The number of carbonyl (C=O) groups excluding carboxylic acids is 2. The van der Waals surface area contributed by atoms with Crippen molar-refractivity contribution < 1.29 is 9.59 Å². The molecule has 3 heterocycles. The van der Waals surface area contributed by atoms with Crippen LogP contribution in [-0.4, -0.2) is 45.1 Å². The number of amides is 2. The topological polar surface area (TPSA) is 80.1 Å². The lowest BCUT2D eigenvalue weighted by atomic mass is 10.1. The van der Waals surface area contributed by atoms with E-state index in [4.69, 9.17) is 4.98 Å². The first-order valence-electron chi connectivity index (χ1n) is 11.2. The van der Waals surface area contributed by atoms with Gasteiger partial charge in [0.1, 0.15) is 0 Å². The third-order valence-corrected chi connectivity index (χ3v) is 6.91. The molecular formula is C26H29N5O2S. The second kappa shape index (κ2) is 9.38. The number of nitrogens with one attached hydrogen (secondary N) is 1. The van der Waals surface area contributed by atoms with Crippen molar-refractivity contribution in [2.75, 3.05) is 18.9 Å². The Morgan fingerprint density at radius 2 is 1.91 bits per heavy atom. The molecule has 0 unspecified atom stereocenters. The number of fused-ring (bicyclic) bond motifs is 1. The molecule has 0 spiro atoms. The highest BCUT2D eigenvalue weighted by molar-refractivity contribution is 7.15. The summed E-state index contributed by atoms with van der Waals surface area (Å²) >= 11 is 1.63. The molecule has 4 aromatic rings. The molecule has 0 aliphatic carbocycles. The van der Waals surface area contributed by atoms with Crippen LogP contribution in [-0.2, 0) is 4.79 Å². The molecule has 3 aromatic heterocycles. The summed E-state index contributed by atoms with van der Waals surface area (Å²) < 4.78 is 1.82. The largest absolute Gasteiger partial charge is 0.332 e. The number of carbonyl (C=O) groups is 2. The Morgan fingerprint density at radius 1 is 1.15 bits per heavy atom. The van der Waals surface area contributed by atoms with Crippen molar-refractivity contribution in [1.82, 2.24) is 19.7 Å². The first-order chi connectivity index (χ1) is 16.2. The molecule has 8 heteroatoms. The van der Waals surface area contributed by atoms with Crippen molar-refractivity contribution in [2.45, 2.75) is 40.7 Å². The van der Waals surface area contributed by atoms with Gasteiger partial charge in [0, 0.05) is 23.7 Å². The van der Waals surface area contributed by atoms with Crippen LogP contribution in [0.2, 0.25) is 0 Å². The second-order valence-electron chi connectivity index (χ2n) is 8.84. The van der Waals surface area contributed by atoms with Gasteiger partial charge in [0.25, 0.3) is 5.91 Å². The lowest BCUT2D eigenvalue weighted by Gasteiger charge is -2.19. The molecule has 1 N–H and O–H groups in total. The molecular weight excluding hydrogens is 446 g/mol. The van der Waals surface area contributed by atoms with E-state index in [1.54, 1.807) is 30.6 Å².